The molecule has 16 heavy (non-hydrogen) atoms. The van der Waals surface area contributed by atoms with E-state index < -0.39 is 0 Å². The number of hydrogen-bond donors (Lipinski definition) is 0. The zero-order valence-electron chi connectivity index (χ0n) is 9.51. The van der Waals surface area contributed by atoms with Gasteiger partial charge in [-0.25, -0.2) is 4.98 Å². The molecule has 0 aromatic carbocycles. The van der Waals surface area contributed by atoms with E-state index in [0.717, 1.165) is 14.0 Å². The van der Waals surface area contributed by atoms with Crippen LogP contribution in [0.3, 0.4) is 0 Å². The van der Waals surface area contributed by atoms with E-state index >= 15 is 0 Å². The monoisotopic (exact) mass is 445 g/mol. The van der Waals surface area contributed by atoms with Crippen LogP contribution in [0.15, 0.2) is 12.1 Å². The van der Waals surface area contributed by atoms with E-state index in [1.54, 1.807) is 0 Å². The molecule has 2 nitrogen and oxygen atoms in total. The van der Waals surface area contributed by atoms with Crippen molar-refractivity contribution in [2.75, 3.05) is 6.61 Å². The summed E-state index contributed by atoms with van der Waals surface area (Å²) in [6.07, 6.45) is 5.05. The Kier molecular flexibility index (Phi) is 7.89. The lowest BCUT2D eigenvalue weighted by atomic mass is 10.2. The summed E-state index contributed by atoms with van der Waals surface area (Å²) in [5, 5.41) is 0. The summed E-state index contributed by atoms with van der Waals surface area (Å²) >= 11 is 4.48. The highest BCUT2D eigenvalue weighted by Crippen LogP contribution is 2.11. The van der Waals surface area contributed by atoms with Crippen molar-refractivity contribution in [1.82, 2.24) is 4.98 Å². The van der Waals surface area contributed by atoms with Gasteiger partial charge in [0.15, 0.2) is 0 Å². The third-order valence-electron chi connectivity index (χ3n) is 2.23. The molecule has 0 aliphatic carbocycles. The lowest BCUT2D eigenvalue weighted by molar-refractivity contribution is 0.116. The molecule has 0 saturated carbocycles. The summed E-state index contributed by atoms with van der Waals surface area (Å²) in [4.78, 5) is 4.32. The van der Waals surface area contributed by atoms with E-state index in [1.165, 1.54) is 31.2 Å². The van der Waals surface area contributed by atoms with Gasteiger partial charge < -0.3 is 4.74 Å². The van der Waals surface area contributed by atoms with E-state index in [0.29, 0.717) is 6.61 Å². The van der Waals surface area contributed by atoms with Crippen LogP contribution in [-0.2, 0) is 11.3 Å². The van der Waals surface area contributed by atoms with Gasteiger partial charge in [-0.3, -0.25) is 0 Å². The quantitative estimate of drug-likeness (QED) is 0.353. The second-order valence-electron chi connectivity index (χ2n) is 3.73. The van der Waals surface area contributed by atoms with Crippen LogP contribution in [0.4, 0.5) is 0 Å². The first-order chi connectivity index (χ1) is 7.72. The molecule has 1 aromatic heterocycles. The average molecular weight is 445 g/mol. The van der Waals surface area contributed by atoms with E-state index in [-0.39, 0.29) is 0 Å². The van der Waals surface area contributed by atoms with Gasteiger partial charge in [0.1, 0.15) is 7.40 Å². The number of unbranched alkanes of at least 4 members (excludes halogenated alkanes) is 3. The molecular weight excluding hydrogens is 428 g/mol. The second-order valence-corrected chi connectivity index (χ2v) is 5.94. The maximum absolute atomic E-state index is 5.64. The van der Waals surface area contributed by atoms with Crippen molar-refractivity contribution >= 4 is 45.2 Å². The lowest BCUT2D eigenvalue weighted by Crippen LogP contribution is -1.98. The average Bonchev–Trinajstić information content (AvgIpc) is 2.22. The molecule has 0 unspecified atom stereocenters. The molecule has 1 rings (SSSR count). The van der Waals surface area contributed by atoms with Crippen LogP contribution in [0, 0.1) is 7.40 Å². The number of halogens is 2. The normalized spacial score (nSPS) is 10.7. The fourth-order valence-electron chi connectivity index (χ4n) is 1.42. The van der Waals surface area contributed by atoms with Gasteiger partial charge in [0.05, 0.1) is 6.61 Å². The standard InChI is InChI=1S/C12H17I2NO/c1-2-3-4-5-6-16-9-10-7-11(13)15-12(14)8-10/h7-8H,2-6,9H2,1H3. The maximum Gasteiger partial charge on any atom is 0.102 e. The van der Waals surface area contributed by atoms with Gasteiger partial charge in [-0.2, -0.15) is 0 Å². The third kappa shape index (κ3) is 6.34. The van der Waals surface area contributed by atoms with Crippen LogP contribution in [0.25, 0.3) is 0 Å². The van der Waals surface area contributed by atoms with Crippen molar-refractivity contribution in [2.24, 2.45) is 0 Å². The summed E-state index contributed by atoms with van der Waals surface area (Å²) in [5.74, 6) is 0. The highest BCUT2D eigenvalue weighted by Gasteiger charge is 1.99. The first-order valence-corrected chi connectivity index (χ1v) is 7.78. The Morgan fingerprint density at radius 1 is 1.12 bits per heavy atom. The lowest BCUT2D eigenvalue weighted by Gasteiger charge is -2.05. The summed E-state index contributed by atoms with van der Waals surface area (Å²) in [5.41, 5.74) is 1.22. The molecule has 90 valence electrons. The molecule has 4 heteroatoms. The number of pyridine rings is 1. The van der Waals surface area contributed by atoms with Crippen molar-refractivity contribution in [3.05, 3.63) is 25.1 Å². The molecule has 0 spiro atoms. The Labute approximate surface area is 125 Å². The van der Waals surface area contributed by atoms with Crippen molar-refractivity contribution < 1.29 is 4.74 Å². The number of rotatable bonds is 7. The number of nitrogens with zero attached hydrogens (tertiary/aromatic N) is 1. The van der Waals surface area contributed by atoms with Crippen LogP contribution in [-0.4, -0.2) is 11.6 Å². The highest BCUT2D eigenvalue weighted by atomic mass is 127. The van der Waals surface area contributed by atoms with Crippen LogP contribution < -0.4 is 0 Å². The van der Waals surface area contributed by atoms with Crippen LogP contribution in [0.1, 0.15) is 38.2 Å². The Bertz CT molecular complexity index is 298. The van der Waals surface area contributed by atoms with E-state index in [1.807, 2.05) is 0 Å². The molecule has 0 saturated heterocycles. The van der Waals surface area contributed by atoms with Crippen LogP contribution >= 0.6 is 45.2 Å². The Morgan fingerprint density at radius 2 is 1.81 bits per heavy atom. The van der Waals surface area contributed by atoms with Gasteiger partial charge in [0, 0.05) is 6.61 Å². The van der Waals surface area contributed by atoms with Gasteiger partial charge in [0.2, 0.25) is 0 Å². The maximum atomic E-state index is 5.64. The smallest absolute Gasteiger partial charge is 0.102 e. The molecule has 0 amide bonds. The molecule has 0 N–H and O–H groups in total. The van der Waals surface area contributed by atoms with E-state index in [2.05, 4.69) is 69.2 Å². The minimum atomic E-state index is 0.709. The van der Waals surface area contributed by atoms with Crippen molar-refractivity contribution in [2.45, 2.75) is 39.2 Å². The van der Waals surface area contributed by atoms with E-state index in [9.17, 15) is 0 Å². The minimum absolute atomic E-state index is 0.709. The zero-order valence-corrected chi connectivity index (χ0v) is 13.8. The molecule has 0 atom stereocenters. The predicted molar refractivity (Wildman–Crippen MR) is 83.5 cm³/mol. The zero-order chi connectivity index (χ0) is 11.8. The summed E-state index contributed by atoms with van der Waals surface area (Å²) in [6, 6.07) is 4.16. The molecule has 0 radical (unpaired) electrons. The molecule has 0 fully saturated rings. The molecule has 0 aliphatic heterocycles. The predicted octanol–water partition coefficient (Wildman–Crippen LogP) is 4.39. The topological polar surface area (TPSA) is 22.1 Å². The van der Waals surface area contributed by atoms with Gasteiger partial charge in [-0.1, -0.05) is 26.2 Å². The van der Waals surface area contributed by atoms with Crippen molar-refractivity contribution in [3.8, 4) is 0 Å². The summed E-state index contributed by atoms with van der Waals surface area (Å²) in [7, 11) is 0. The molecular formula is C12H17I2NO. The van der Waals surface area contributed by atoms with Gasteiger partial charge in [-0.15, -0.1) is 0 Å². The Balaban J connectivity index is 2.21. The highest BCUT2D eigenvalue weighted by molar-refractivity contribution is 14.1. The van der Waals surface area contributed by atoms with Crippen LogP contribution in [0.2, 0.25) is 0 Å². The fraction of sp³-hybridized carbons (Fsp3) is 0.583. The summed E-state index contributed by atoms with van der Waals surface area (Å²) in [6.45, 7) is 3.80. The molecule has 0 aliphatic rings. The first kappa shape index (κ1) is 14.6. The summed E-state index contributed by atoms with van der Waals surface area (Å²) < 4.78 is 7.71. The molecule has 1 aromatic rings. The third-order valence-corrected chi connectivity index (χ3v) is 3.34. The SMILES string of the molecule is CCCCCCOCc1cc(I)nc(I)c1. The Hall–Kier alpha value is 0.570. The largest absolute Gasteiger partial charge is 0.377 e. The molecule has 1 heterocycles. The first-order valence-electron chi connectivity index (χ1n) is 5.62. The van der Waals surface area contributed by atoms with Crippen molar-refractivity contribution in [1.29, 1.82) is 0 Å². The second kappa shape index (κ2) is 8.63. The molecule has 0 bridgehead atoms. The van der Waals surface area contributed by atoms with Gasteiger partial charge >= 0.3 is 0 Å². The fourth-order valence-corrected chi connectivity index (χ4v) is 3.20. The Morgan fingerprint density at radius 3 is 2.44 bits per heavy atom. The number of aromatic nitrogens is 1. The van der Waals surface area contributed by atoms with Gasteiger partial charge in [-0.05, 0) is 69.3 Å². The van der Waals surface area contributed by atoms with Gasteiger partial charge in [0.25, 0.3) is 0 Å². The van der Waals surface area contributed by atoms with E-state index in [4.69, 9.17) is 4.74 Å². The number of hydrogen-bond acceptors (Lipinski definition) is 2. The van der Waals surface area contributed by atoms with Crippen molar-refractivity contribution in [3.63, 3.8) is 0 Å². The number of ether oxygens (including phenoxy) is 1. The minimum Gasteiger partial charge on any atom is -0.377 e. The van der Waals surface area contributed by atoms with Crippen LogP contribution in [0.5, 0.6) is 0 Å².